The number of hydrogen-bond acceptors (Lipinski definition) is 2. The fraction of sp³-hybridized carbons (Fsp3) is 0.778. The van der Waals surface area contributed by atoms with E-state index in [-0.39, 0.29) is 11.9 Å². The number of rotatable bonds is 4. The van der Waals surface area contributed by atoms with Crippen LogP contribution in [0, 0.1) is 5.92 Å². The van der Waals surface area contributed by atoms with Crippen molar-refractivity contribution in [2.24, 2.45) is 5.92 Å². The molecule has 0 rings (SSSR count). The van der Waals surface area contributed by atoms with Crippen molar-refractivity contribution in [2.75, 3.05) is 13.6 Å². The van der Waals surface area contributed by atoms with Crippen LogP contribution in [0.5, 0.6) is 0 Å². The number of aliphatic carboxylic acids is 1. The Kier molecular flexibility index (Phi) is 4.97. The fourth-order valence-electron chi connectivity index (χ4n) is 0.900. The molecule has 0 aromatic carbocycles. The highest BCUT2D eigenvalue weighted by atomic mass is 16.4. The smallest absolute Gasteiger partial charge is 0.326 e. The molecular weight excluding hydrogens is 184 g/mol. The lowest BCUT2D eigenvalue weighted by Gasteiger charge is -2.22. The van der Waals surface area contributed by atoms with Crippen molar-refractivity contribution in [3.63, 3.8) is 0 Å². The second kappa shape index (κ2) is 5.47. The van der Waals surface area contributed by atoms with Gasteiger partial charge in [0.05, 0.1) is 0 Å². The van der Waals surface area contributed by atoms with Gasteiger partial charge in [-0.1, -0.05) is 13.8 Å². The summed E-state index contributed by atoms with van der Waals surface area (Å²) in [5.74, 6) is -1.13. The van der Waals surface area contributed by atoms with Gasteiger partial charge >= 0.3 is 12.0 Å². The lowest BCUT2D eigenvalue weighted by atomic mass is 10.1. The maximum absolute atomic E-state index is 11.3. The third-order valence-electron chi connectivity index (χ3n) is 2.03. The largest absolute Gasteiger partial charge is 0.480 e. The number of carboxylic acid groups (broad SMARTS) is 1. The predicted octanol–water partition coefficient (Wildman–Crippen LogP) is 0.757. The molecule has 0 aromatic rings. The molecule has 1 atom stereocenters. The van der Waals surface area contributed by atoms with Crippen molar-refractivity contribution in [3.8, 4) is 0 Å². The Labute approximate surface area is 84.1 Å². The number of nitrogens with one attached hydrogen (secondary N) is 1. The summed E-state index contributed by atoms with van der Waals surface area (Å²) in [6.45, 7) is 5.89. The van der Waals surface area contributed by atoms with E-state index in [1.165, 1.54) is 4.90 Å². The van der Waals surface area contributed by atoms with Crippen molar-refractivity contribution in [1.29, 1.82) is 0 Å². The van der Waals surface area contributed by atoms with Crippen molar-refractivity contribution >= 4 is 12.0 Å². The van der Waals surface area contributed by atoms with Gasteiger partial charge in [-0.25, -0.2) is 9.59 Å². The van der Waals surface area contributed by atoms with E-state index < -0.39 is 12.0 Å². The second-order valence-electron chi connectivity index (χ2n) is 3.52. The molecule has 0 heterocycles. The monoisotopic (exact) mass is 202 g/mol. The molecule has 0 aliphatic heterocycles. The summed E-state index contributed by atoms with van der Waals surface area (Å²) >= 11 is 0. The topological polar surface area (TPSA) is 69.6 Å². The number of nitrogens with zero attached hydrogens (tertiary/aromatic N) is 1. The van der Waals surface area contributed by atoms with E-state index in [0.29, 0.717) is 6.54 Å². The van der Waals surface area contributed by atoms with Crippen LogP contribution < -0.4 is 5.32 Å². The van der Waals surface area contributed by atoms with Crippen LogP contribution in [0.4, 0.5) is 4.79 Å². The Morgan fingerprint density at radius 1 is 1.43 bits per heavy atom. The summed E-state index contributed by atoms with van der Waals surface area (Å²) in [5, 5.41) is 11.3. The first-order chi connectivity index (χ1) is 6.40. The minimum absolute atomic E-state index is 0.123. The molecule has 0 aromatic heterocycles. The molecule has 2 amide bonds. The van der Waals surface area contributed by atoms with Gasteiger partial charge in [0.15, 0.2) is 0 Å². The van der Waals surface area contributed by atoms with Gasteiger partial charge in [0.1, 0.15) is 6.04 Å². The van der Waals surface area contributed by atoms with E-state index in [1.807, 2.05) is 6.92 Å². The molecule has 0 aliphatic rings. The first kappa shape index (κ1) is 12.7. The first-order valence-electron chi connectivity index (χ1n) is 4.64. The quantitative estimate of drug-likeness (QED) is 0.707. The van der Waals surface area contributed by atoms with Gasteiger partial charge in [-0.15, -0.1) is 0 Å². The van der Waals surface area contributed by atoms with Crippen LogP contribution in [0.1, 0.15) is 20.8 Å². The molecule has 0 bridgehead atoms. The van der Waals surface area contributed by atoms with Crippen LogP contribution in [0.2, 0.25) is 0 Å². The maximum atomic E-state index is 11.3. The average molecular weight is 202 g/mol. The van der Waals surface area contributed by atoms with E-state index in [9.17, 15) is 9.59 Å². The maximum Gasteiger partial charge on any atom is 0.326 e. The van der Waals surface area contributed by atoms with Crippen LogP contribution in [-0.2, 0) is 4.79 Å². The summed E-state index contributed by atoms with van der Waals surface area (Å²) in [6.07, 6.45) is 0. The van der Waals surface area contributed by atoms with Gasteiger partial charge in [-0.2, -0.15) is 0 Å². The third-order valence-corrected chi connectivity index (χ3v) is 2.03. The molecule has 0 fully saturated rings. The van der Waals surface area contributed by atoms with Crippen LogP contribution >= 0.6 is 0 Å². The summed E-state index contributed by atoms with van der Waals surface area (Å²) in [6, 6.07) is -1.18. The van der Waals surface area contributed by atoms with Crippen LogP contribution in [0.25, 0.3) is 0 Å². The number of carbonyl (C=O) groups is 2. The van der Waals surface area contributed by atoms with Crippen molar-refractivity contribution in [3.05, 3.63) is 0 Å². The first-order valence-corrected chi connectivity index (χ1v) is 4.64. The Morgan fingerprint density at radius 3 is 2.21 bits per heavy atom. The number of urea groups is 1. The van der Waals surface area contributed by atoms with Gasteiger partial charge in [0.25, 0.3) is 0 Å². The number of carboxylic acids is 1. The molecule has 0 saturated carbocycles. The van der Waals surface area contributed by atoms with Crippen LogP contribution in [0.3, 0.4) is 0 Å². The highest BCUT2D eigenvalue weighted by Crippen LogP contribution is 2.02. The minimum atomic E-state index is -1.00. The highest BCUT2D eigenvalue weighted by Gasteiger charge is 2.24. The molecule has 0 unspecified atom stereocenters. The number of hydrogen-bond donors (Lipinski definition) is 2. The molecule has 0 aliphatic carbocycles. The van der Waals surface area contributed by atoms with Gasteiger partial charge in [-0.05, 0) is 12.8 Å². The van der Waals surface area contributed by atoms with Gasteiger partial charge in [0.2, 0.25) is 0 Å². The fourth-order valence-corrected chi connectivity index (χ4v) is 0.900. The van der Waals surface area contributed by atoms with E-state index in [2.05, 4.69) is 5.32 Å². The predicted molar refractivity (Wildman–Crippen MR) is 53.1 cm³/mol. The standard InChI is InChI=1S/C9H18N2O3/c1-5-11(4)9(14)10-7(6(2)3)8(12)13/h6-7H,5H2,1-4H3,(H,10,14)(H,12,13)/t7-/m0/s1. The molecule has 5 nitrogen and oxygen atoms in total. The van der Waals surface area contributed by atoms with Crippen molar-refractivity contribution < 1.29 is 14.7 Å². The average Bonchev–Trinajstić information content (AvgIpc) is 2.11. The number of carbonyl (C=O) groups excluding carboxylic acids is 1. The van der Waals surface area contributed by atoms with Gasteiger partial charge < -0.3 is 15.3 Å². The van der Waals surface area contributed by atoms with Gasteiger partial charge in [0, 0.05) is 13.6 Å². The summed E-state index contributed by atoms with van der Waals surface area (Å²) < 4.78 is 0. The Morgan fingerprint density at radius 2 is 1.93 bits per heavy atom. The lowest BCUT2D eigenvalue weighted by Crippen LogP contribution is -2.49. The van der Waals surface area contributed by atoms with E-state index in [1.54, 1.807) is 20.9 Å². The van der Waals surface area contributed by atoms with Gasteiger partial charge in [-0.3, -0.25) is 0 Å². The lowest BCUT2D eigenvalue weighted by molar-refractivity contribution is -0.140. The SMILES string of the molecule is CCN(C)C(=O)N[C@H](C(=O)O)C(C)C. The second-order valence-corrected chi connectivity index (χ2v) is 3.52. The minimum Gasteiger partial charge on any atom is -0.480 e. The molecule has 0 spiro atoms. The molecule has 5 heteroatoms. The third kappa shape index (κ3) is 3.64. The molecule has 0 radical (unpaired) electrons. The molecule has 2 N–H and O–H groups in total. The summed E-state index contributed by atoms with van der Waals surface area (Å²) in [5.41, 5.74) is 0. The van der Waals surface area contributed by atoms with Crippen molar-refractivity contribution in [2.45, 2.75) is 26.8 Å². The zero-order chi connectivity index (χ0) is 11.3. The van der Waals surface area contributed by atoms with Crippen LogP contribution in [-0.4, -0.2) is 41.6 Å². The molecule has 82 valence electrons. The Balaban J connectivity index is 4.31. The summed E-state index contributed by atoms with van der Waals surface area (Å²) in [4.78, 5) is 23.5. The highest BCUT2D eigenvalue weighted by molar-refractivity contribution is 5.82. The number of amides is 2. The Bertz CT molecular complexity index is 216. The molecular formula is C9H18N2O3. The van der Waals surface area contributed by atoms with E-state index in [0.717, 1.165) is 0 Å². The normalized spacial score (nSPS) is 12.4. The molecule has 0 saturated heterocycles. The Hall–Kier alpha value is -1.26. The zero-order valence-electron chi connectivity index (χ0n) is 9.07. The molecule has 14 heavy (non-hydrogen) atoms. The van der Waals surface area contributed by atoms with E-state index in [4.69, 9.17) is 5.11 Å². The van der Waals surface area contributed by atoms with Crippen LogP contribution in [0.15, 0.2) is 0 Å². The van der Waals surface area contributed by atoms with Crippen molar-refractivity contribution in [1.82, 2.24) is 10.2 Å². The summed E-state index contributed by atoms with van der Waals surface area (Å²) in [7, 11) is 1.62. The zero-order valence-corrected chi connectivity index (χ0v) is 9.07. The van der Waals surface area contributed by atoms with E-state index >= 15 is 0 Å².